The van der Waals surface area contributed by atoms with E-state index in [4.69, 9.17) is 0 Å². The Morgan fingerprint density at radius 3 is 2.50 bits per heavy atom. The summed E-state index contributed by atoms with van der Waals surface area (Å²) in [6, 6.07) is 15.6. The highest BCUT2D eigenvalue weighted by Crippen LogP contribution is 2.23. The van der Waals surface area contributed by atoms with Crippen LogP contribution in [0.2, 0.25) is 0 Å². The van der Waals surface area contributed by atoms with Crippen LogP contribution in [0.25, 0.3) is 16.6 Å². The molecular formula is C24H24FN5O2. The zero-order valence-electron chi connectivity index (χ0n) is 18.0. The third kappa shape index (κ3) is 4.44. The molecule has 2 heterocycles. The highest BCUT2D eigenvalue weighted by atomic mass is 19.1. The first-order chi connectivity index (χ1) is 15.4. The van der Waals surface area contributed by atoms with Crippen molar-refractivity contribution in [2.75, 3.05) is 6.54 Å². The Kier molecular flexibility index (Phi) is 6.11. The van der Waals surface area contributed by atoms with Crippen molar-refractivity contribution in [2.45, 2.75) is 32.7 Å². The lowest BCUT2D eigenvalue weighted by molar-refractivity contribution is -0.121. The van der Waals surface area contributed by atoms with Gasteiger partial charge in [-0.2, -0.15) is 10.2 Å². The average Bonchev–Trinajstić information content (AvgIpc) is 3.22. The predicted octanol–water partition coefficient (Wildman–Crippen LogP) is 3.20. The van der Waals surface area contributed by atoms with E-state index < -0.39 is 5.56 Å². The van der Waals surface area contributed by atoms with Gasteiger partial charge in [-0.15, -0.1) is 0 Å². The van der Waals surface area contributed by atoms with Crippen LogP contribution >= 0.6 is 0 Å². The van der Waals surface area contributed by atoms with E-state index in [1.165, 1.54) is 21.5 Å². The molecule has 7 nitrogen and oxygen atoms in total. The summed E-state index contributed by atoms with van der Waals surface area (Å²) in [7, 11) is 0. The predicted molar refractivity (Wildman–Crippen MR) is 120 cm³/mol. The second kappa shape index (κ2) is 9.13. The molecule has 0 aliphatic carbocycles. The van der Waals surface area contributed by atoms with Gasteiger partial charge in [0, 0.05) is 11.9 Å². The Morgan fingerprint density at radius 2 is 1.81 bits per heavy atom. The second-order valence-electron chi connectivity index (χ2n) is 7.88. The van der Waals surface area contributed by atoms with Crippen molar-refractivity contribution in [3.8, 4) is 5.69 Å². The molecule has 8 heteroatoms. The summed E-state index contributed by atoms with van der Waals surface area (Å²) >= 11 is 0. The number of nitrogens with one attached hydrogen (secondary N) is 1. The third-order valence-electron chi connectivity index (χ3n) is 5.20. The fourth-order valence-electron chi connectivity index (χ4n) is 3.59. The Bertz CT molecular complexity index is 1290. The van der Waals surface area contributed by atoms with Crippen molar-refractivity contribution < 1.29 is 9.18 Å². The molecule has 0 fully saturated rings. The van der Waals surface area contributed by atoms with Gasteiger partial charge in [-0.3, -0.25) is 9.59 Å². The fraction of sp³-hybridized carbons (Fsp3) is 0.250. The topological polar surface area (TPSA) is 81.8 Å². The smallest absolute Gasteiger partial charge is 0.293 e. The van der Waals surface area contributed by atoms with Crippen molar-refractivity contribution in [3.05, 3.63) is 88.2 Å². The monoisotopic (exact) mass is 433 g/mol. The molecule has 1 amide bonds. The Hall–Kier alpha value is -3.81. The van der Waals surface area contributed by atoms with E-state index in [1.54, 1.807) is 18.3 Å². The molecule has 0 aliphatic heterocycles. The molecule has 0 bridgehead atoms. The van der Waals surface area contributed by atoms with E-state index in [2.05, 4.69) is 15.5 Å². The lowest BCUT2D eigenvalue weighted by atomic mass is 10.1. The summed E-state index contributed by atoms with van der Waals surface area (Å²) < 4.78 is 16.0. The second-order valence-corrected chi connectivity index (χ2v) is 7.88. The molecule has 0 spiro atoms. The van der Waals surface area contributed by atoms with E-state index >= 15 is 0 Å². The summed E-state index contributed by atoms with van der Waals surface area (Å²) in [5.41, 5.74) is 2.23. The van der Waals surface area contributed by atoms with Gasteiger partial charge in [-0.05, 0) is 42.2 Å². The number of amides is 1. The first kappa shape index (κ1) is 21.4. The van der Waals surface area contributed by atoms with Crippen LogP contribution in [0.1, 0.15) is 31.0 Å². The number of hydrogen-bond donors (Lipinski definition) is 1. The first-order valence-electron chi connectivity index (χ1n) is 10.5. The largest absolute Gasteiger partial charge is 0.354 e. The number of rotatable bonds is 7. The van der Waals surface area contributed by atoms with Crippen molar-refractivity contribution in [1.29, 1.82) is 0 Å². The highest BCUT2D eigenvalue weighted by Gasteiger charge is 2.20. The Labute approximate surface area is 184 Å². The number of benzene rings is 2. The van der Waals surface area contributed by atoms with E-state index in [1.807, 2.05) is 44.2 Å². The van der Waals surface area contributed by atoms with Crippen molar-refractivity contribution in [3.63, 3.8) is 0 Å². The minimum absolute atomic E-state index is 0.0105. The summed E-state index contributed by atoms with van der Waals surface area (Å²) in [5.74, 6) is -0.659. The highest BCUT2D eigenvalue weighted by molar-refractivity contribution is 5.82. The standard InChI is InChI=1S/C24H24FN5O2/c1-16(2)22-20-14-27-30(19-10-8-18(25)9-11-19)23(20)24(32)29(28-22)15-21(31)26-13-12-17-6-4-3-5-7-17/h3-11,14,16H,12-13,15H2,1-2H3,(H,26,31). The first-order valence-corrected chi connectivity index (χ1v) is 10.5. The third-order valence-corrected chi connectivity index (χ3v) is 5.20. The van der Waals surface area contributed by atoms with Gasteiger partial charge in [0.1, 0.15) is 17.9 Å². The number of fused-ring (bicyclic) bond motifs is 1. The lowest BCUT2D eigenvalue weighted by Gasteiger charge is -2.12. The molecule has 0 radical (unpaired) electrons. The zero-order valence-corrected chi connectivity index (χ0v) is 18.0. The summed E-state index contributed by atoms with van der Waals surface area (Å²) in [5, 5.41) is 12.3. The van der Waals surface area contributed by atoms with Gasteiger partial charge in [0.25, 0.3) is 5.56 Å². The van der Waals surface area contributed by atoms with Crippen LogP contribution in [0.15, 0.2) is 65.6 Å². The maximum Gasteiger partial charge on any atom is 0.293 e. The van der Waals surface area contributed by atoms with E-state index in [-0.39, 0.29) is 24.2 Å². The Morgan fingerprint density at radius 1 is 1.09 bits per heavy atom. The van der Waals surface area contributed by atoms with E-state index in [9.17, 15) is 14.0 Å². The molecule has 0 saturated carbocycles. The number of aromatic nitrogens is 4. The quantitative estimate of drug-likeness (QED) is 0.485. The van der Waals surface area contributed by atoms with Crippen molar-refractivity contribution in [1.82, 2.24) is 24.9 Å². The molecule has 2 aromatic heterocycles. The Balaban J connectivity index is 1.63. The zero-order chi connectivity index (χ0) is 22.7. The number of carbonyl (C=O) groups is 1. The molecule has 0 aliphatic rings. The van der Waals surface area contributed by atoms with E-state index in [0.29, 0.717) is 35.2 Å². The van der Waals surface area contributed by atoms with Crippen LogP contribution in [0.4, 0.5) is 4.39 Å². The van der Waals surface area contributed by atoms with Crippen LogP contribution in [0, 0.1) is 5.82 Å². The summed E-state index contributed by atoms with van der Waals surface area (Å²) in [6.45, 7) is 4.19. The molecule has 2 aromatic carbocycles. The van der Waals surface area contributed by atoms with Crippen LogP contribution in [0.5, 0.6) is 0 Å². The van der Waals surface area contributed by atoms with Gasteiger partial charge in [0.2, 0.25) is 5.91 Å². The lowest BCUT2D eigenvalue weighted by Crippen LogP contribution is -2.35. The van der Waals surface area contributed by atoms with Gasteiger partial charge in [0.05, 0.1) is 17.6 Å². The number of halogens is 1. The SMILES string of the molecule is CC(C)c1nn(CC(=O)NCCc2ccccc2)c(=O)c2c1cnn2-c1ccc(F)cc1. The van der Waals surface area contributed by atoms with Crippen LogP contribution in [-0.4, -0.2) is 32.0 Å². The maximum atomic E-state index is 13.4. The van der Waals surface area contributed by atoms with Gasteiger partial charge < -0.3 is 5.32 Å². The molecule has 4 rings (SSSR count). The van der Waals surface area contributed by atoms with Crippen molar-refractivity contribution in [2.24, 2.45) is 0 Å². The molecule has 0 unspecified atom stereocenters. The molecule has 1 N–H and O–H groups in total. The van der Waals surface area contributed by atoms with Gasteiger partial charge in [-0.25, -0.2) is 13.8 Å². The average molecular weight is 433 g/mol. The van der Waals surface area contributed by atoms with Gasteiger partial charge in [-0.1, -0.05) is 44.2 Å². The minimum atomic E-state index is -0.426. The summed E-state index contributed by atoms with van der Waals surface area (Å²) in [4.78, 5) is 25.8. The fourth-order valence-corrected chi connectivity index (χ4v) is 3.59. The number of carbonyl (C=O) groups excluding carboxylic acids is 1. The van der Waals surface area contributed by atoms with Crippen LogP contribution < -0.4 is 10.9 Å². The molecule has 32 heavy (non-hydrogen) atoms. The molecule has 164 valence electrons. The summed E-state index contributed by atoms with van der Waals surface area (Å²) in [6.07, 6.45) is 2.29. The molecule has 4 aromatic rings. The normalized spacial score (nSPS) is 11.2. The van der Waals surface area contributed by atoms with Crippen LogP contribution in [0.3, 0.4) is 0 Å². The molecule has 0 saturated heterocycles. The minimum Gasteiger partial charge on any atom is -0.354 e. The van der Waals surface area contributed by atoms with Gasteiger partial charge >= 0.3 is 0 Å². The molecule has 0 atom stereocenters. The number of hydrogen-bond acceptors (Lipinski definition) is 4. The van der Waals surface area contributed by atoms with E-state index in [0.717, 1.165) is 5.56 Å². The molecular weight excluding hydrogens is 409 g/mol. The van der Waals surface area contributed by atoms with Crippen LogP contribution in [-0.2, 0) is 17.8 Å². The number of nitrogens with zero attached hydrogens (tertiary/aromatic N) is 4. The van der Waals surface area contributed by atoms with Gasteiger partial charge in [0.15, 0.2) is 0 Å². The van der Waals surface area contributed by atoms with Crippen molar-refractivity contribution >= 4 is 16.8 Å². The maximum absolute atomic E-state index is 13.4.